The highest BCUT2D eigenvalue weighted by molar-refractivity contribution is 7.88. The van der Waals surface area contributed by atoms with Crippen LogP contribution in [0.3, 0.4) is 0 Å². The molecule has 2 N–H and O–H groups in total. The van der Waals surface area contributed by atoms with Gasteiger partial charge >= 0.3 is 0 Å². The fourth-order valence-electron chi connectivity index (χ4n) is 4.15. The second-order valence-corrected chi connectivity index (χ2v) is 10.4. The molecule has 0 unspecified atom stereocenters. The van der Waals surface area contributed by atoms with Gasteiger partial charge in [0.05, 0.1) is 30.0 Å². The van der Waals surface area contributed by atoms with Crippen LogP contribution in [0.5, 0.6) is 5.75 Å². The highest BCUT2D eigenvalue weighted by atomic mass is 32.2. The largest absolute Gasteiger partial charge is 0.493 e. The van der Waals surface area contributed by atoms with Crippen LogP contribution in [0.15, 0.2) is 36.7 Å². The Labute approximate surface area is 193 Å². The predicted molar refractivity (Wildman–Crippen MR) is 126 cm³/mol. The van der Waals surface area contributed by atoms with Crippen molar-refractivity contribution in [1.82, 2.24) is 24.1 Å². The third-order valence-corrected chi connectivity index (χ3v) is 7.40. The van der Waals surface area contributed by atoms with Crippen molar-refractivity contribution < 1.29 is 18.3 Å². The number of hydrogen-bond donors (Lipinski definition) is 2. The number of fused-ring (bicyclic) bond motifs is 1. The molecule has 2 heterocycles. The monoisotopic (exact) mass is 474 g/mol. The van der Waals surface area contributed by atoms with E-state index in [1.807, 2.05) is 18.2 Å². The highest BCUT2D eigenvalue weighted by Crippen LogP contribution is 2.28. The minimum absolute atomic E-state index is 0.0366. The number of rotatable bonds is 9. The van der Waals surface area contributed by atoms with Gasteiger partial charge in [0.1, 0.15) is 5.75 Å². The molecule has 1 aromatic carbocycles. The molecule has 0 radical (unpaired) electrons. The van der Waals surface area contributed by atoms with Crippen LogP contribution in [-0.4, -0.2) is 76.2 Å². The molecule has 0 amide bonds. The molecular formula is C22H30N6O4S. The maximum Gasteiger partial charge on any atom is 0.224 e. The first-order valence-electron chi connectivity index (χ1n) is 11.1. The summed E-state index contributed by atoms with van der Waals surface area (Å²) >= 11 is 0. The van der Waals surface area contributed by atoms with E-state index in [9.17, 15) is 8.42 Å². The summed E-state index contributed by atoms with van der Waals surface area (Å²) in [4.78, 5) is 9.02. The molecule has 3 aromatic rings. The number of nitrogens with one attached hydrogen (secondary N) is 1. The summed E-state index contributed by atoms with van der Waals surface area (Å²) in [6.45, 7) is 0.520. The van der Waals surface area contributed by atoms with Crippen molar-refractivity contribution in [2.45, 2.75) is 44.2 Å². The number of ether oxygens (including phenoxy) is 1. The van der Waals surface area contributed by atoms with Gasteiger partial charge in [-0.25, -0.2) is 22.4 Å². The van der Waals surface area contributed by atoms with E-state index in [2.05, 4.69) is 20.4 Å². The Morgan fingerprint density at radius 1 is 1.24 bits per heavy atom. The average molecular weight is 475 g/mol. The van der Waals surface area contributed by atoms with Crippen LogP contribution in [0.25, 0.3) is 16.7 Å². The first-order chi connectivity index (χ1) is 15.9. The summed E-state index contributed by atoms with van der Waals surface area (Å²) in [5.74, 6) is 1.88. The maximum atomic E-state index is 11.8. The number of benzene rings is 1. The molecule has 178 valence electrons. The molecule has 10 nitrogen and oxygen atoms in total. The summed E-state index contributed by atoms with van der Waals surface area (Å²) in [5.41, 5.74) is 0.866. The number of aromatic nitrogens is 4. The fourth-order valence-corrected chi connectivity index (χ4v) is 4.91. The molecule has 33 heavy (non-hydrogen) atoms. The van der Waals surface area contributed by atoms with Crippen molar-refractivity contribution in [1.29, 1.82) is 0 Å². The fraction of sp³-hybridized carbons (Fsp3) is 0.500. The van der Waals surface area contributed by atoms with Crippen molar-refractivity contribution >= 4 is 26.9 Å². The third-order valence-electron chi connectivity index (χ3n) is 6.06. The Hall–Kier alpha value is -2.76. The Bertz CT molecular complexity index is 1190. The van der Waals surface area contributed by atoms with E-state index in [0.717, 1.165) is 42.3 Å². The van der Waals surface area contributed by atoms with Gasteiger partial charge in [-0.2, -0.15) is 10.1 Å². The Kier molecular flexibility index (Phi) is 7.11. The van der Waals surface area contributed by atoms with Gasteiger partial charge in [-0.05, 0) is 37.8 Å². The lowest BCUT2D eigenvalue weighted by molar-refractivity contribution is 0.235. The number of aliphatic hydroxyl groups excluding tert-OH is 1. The molecule has 0 spiro atoms. The van der Waals surface area contributed by atoms with Gasteiger partial charge in [0.2, 0.25) is 16.0 Å². The van der Waals surface area contributed by atoms with Crippen LogP contribution in [0, 0.1) is 0 Å². The lowest BCUT2D eigenvalue weighted by Crippen LogP contribution is -2.41. The van der Waals surface area contributed by atoms with Gasteiger partial charge in [-0.15, -0.1) is 0 Å². The number of aliphatic hydroxyl groups is 1. The molecule has 1 aliphatic rings. The van der Waals surface area contributed by atoms with E-state index in [-0.39, 0.29) is 18.7 Å². The molecule has 0 atom stereocenters. The second kappa shape index (κ2) is 10.0. The maximum absolute atomic E-state index is 11.8. The zero-order chi connectivity index (χ0) is 23.4. The van der Waals surface area contributed by atoms with Crippen LogP contribution in [-0.2, 0) is 10.0 Å². The van der Waals surface area contributed by atoms with E-state index in [1.165, 1.54) is 10.6 Å². The first-order valence-corrected chi connectivity index (χ1v) is 12.9. The van der Waals surface area contributed by atoms with E-state index in [0.29, 0.717) is 24.8 Å². The Morgan fingerprint density at radius 3 is 2.76 bits per heavy atom. The highest BCUT2D eigenvalue weighted by Gasteiger charge is 2.28. The second-order valence-electron chi connectivity index (χ2n) is 8.34. The summed E-state index contributed by atoms with van der Waals surface area (Å²) in [6.07, 6.45) is 8.54. The summed E-state index contributed by atoms with van der Waals surface area (Å²) in [5, 5.41) is 17.7. The zero-order valence-corrected chi connectivity index (χ0v) is 19.7. The Balaban J connectivity index is 1.46. The van der Waals surface area contributed by atoms with E-state index in [1.54, 1.807) is 30.2 Å². The normalized spacial score (nSPS) is 19.2. The van der Waals surface area contributed by atoms with Gasteiger partial charge in [-0.1, -0.05) is 6.07 Å². The average Bonchev–Trinajstić information content (AvgIpc) is 3.24. The van der Waals surface area contributed by atoms with Crippen molar-refractivity contribution in [3.05, 3.63) is 36.7 Å². The number of anilines is 1. The summed E-state index contributed by atoms with van der Waals surface area (Å²) in [7, 11) is -1.53. The minimum Gasteiger partial charge on any atom is -0.493 e. The Morgan fingerprint density at radius 2 is 2.03 bits per heavy atom. The van der Waals surface area contributed by atoms with Crippen LogP contribution < -0.4 is 10.1 Å². The van der Waals surface area contributed by atoms with Gasteiger partial charge in [0.25, 0.3) is 0 Å². The molecule has 0 saturated heterocycles. The van der Waals surface area contributed by atoms with Gasteiger partial charge in [-0.3, -0.25) is 0 Å². The van der Waals surface area contributed by atoms with Crippen molar-refractivity contribution in [3.8, 4) is 11.6 Å². The van der Waals surface area contributed by atoms with E-state index >= 15 is 0 Å². The van der Waals surface area contributed by atoms with E-state index < -0.39 is 10.0 Å². The molecule has 2 aromatic heterocycles. The van der Waals surface area contributed by atoms with Crippen molar-refractivity contribution in [3.63, 3.8) is 0 Å². The van der Waals surface area contributed by atoms with Crippen LogP contribution in [0.4, 0.5) is 5.95 Å². The van der Waals surface area contributed by atoms with E-state index in [4.69, 9.17) is 9.84 Å². The number of nitrogens with zero attached hydrogens (tertiary/aromatic N) is 5. The quantitative estimate of drug-likeness (QED) is 0.453. The molecular weight excluding hydrogens is 444 g/mol. The first kappa shape index (κ1) is 23.4. The topological polar surface area (TPSA) is 122 Å². The van der Waals surface area contributed by atoms with Gasteiger partial charge < -0.3 is 15.2 Å². The number of sulfonamides is 1. The van der Waals surface area contributed by atoms with Crippen LogP contribution in [0.2, 0.25) is 0 Å². The van der Waals surface area contributed by atoms with Gasteiger partial charge in [0.15, 0.2) is 5.82 Å². The van der Waals surface area contributed by atoms with Crippen molar-refractivity contribution in [2.75, 3.05) is 31.8 Å². The molecule has 1 saturated carbocycles. The SMILES string of the molecule is CN(C1CCC(Nc2nccc(-n3ncc4c(OCCCO)cccc43)n2)CC1)S(C)(=O)=O. The van der Waals surface area contributed by atoms with Gasteiger partial charge in [0, 0.05) is 44.4 Å². The molecule has 0 bridgehead atoms. The predicted octanol–water partition coefficient (Wildman–Crippen LogP) is 2.19. The standard InChI is InChI=1S/C22H30N6O4S/c1-27(33(2,30)31)17-9-7-16(8-10-17)25-22-23-12-11-21(26-22)28-19-5-3-6-20(18(19)15-24-28)32-14-4-13-29/h3,5-6,11-12,15-17,29H,4,7-10,13-14H2,1-2H3,(H,23,25,26). The molecule has 11 heteroatoms. The smallest absolute Gasteiger partial charge is 0.224 e. The third kappa shape index (κ3) is 5.43. The lowest BCUT2D eigenvalue weighted by Gasteiger charge is -2.33. The molecule has 1 aliphatic carbocycles. The molecule has 1 fully saturated rings. The molecule has 4 rings (SSSR count). The van der Waals surface area contributed by atoms with Crippen LogP contribution in [0.1, 0.15) is 32.1 Å². The van der Waals surface area contributed by atoms with Crippen LogP contribution >= 0.6 is 0 Å². The molecule has 0 aliphatic heterocycles. The summed E-state index contributed by atoms with van der Waals surface area (Å²) in [6, 6.07) is 7.77. The summed E-state index contributed by atoms with van der Waals surface area (Å²) < 4.78 is 32.6. The lowest BCUT2D eigenvalue weighted by atomic mass is 9.91. The number of hydrogen-bond acceptors (Lipinski definition) is 8. The minimum atomic E-state index is -3.18. The zero-order valence-electron chi connectivity index (χ0n) is 18.9. The van der Waals surface area contributed by atoms with Crippen molar-refractivity contribution in [2.24, 2.45) is 0 Å².